The Bertz CT molecular complexity index is 690. The molecule has 0 bridgehead atoms. The number of carboxylic acid groups (broad SMARTS) is 1. The van der Waals surface area contributed by atoms with E-state index in [-0.39, 0.29) is 27.2 Å². The Morgan fingerprint density at radius 3 is 2.38 bits per heavy atom. The monoisotopic (exact) mass is 424 g/mol. The second-order valence-corrected chi connectivity index (χ2v) is 6.89. The van der Waals surface area contributed by atoms with Crippen molar-refractivity contribution in [3.8, 4) is 5.75 Å². The molecule has 9 heteroatoms. The Kier molecular flexibility index (Phi) is 9.19. The zero-order chi connectivity index (χ0) is 19.9. The van der Waals surface area contributed by atoms with E-state index in [4.69, 9.17) is 44.6 Å². The maximum atomic E-state index is 12.3. The van der Waals surface area contributed by atoms with Gasteiger partial charge in [0.05, 0.1) is 21.7 Å². The number of carbonyl (C=O) groups excluding carboxylic acids is 2. The summed E-state index contributed by atoms with van der Waals surface area (Å²) in [7, 11) is 0. The lowest BCUT2D eigenvalue weighted by Crippen LogP contribution is -2.21. The minimum atomic E-state index is -1.85. The molecule has 0 saturated heterocycles. The maximum Gasteiger partial charge on any atom is 0.422 e. The summed E-state index contributed by atoms with van der Waals surface area (Å²) in [4.78, 5) is 34.3. The van der Waals surface area contributed by atoms with Crippen molar-refractivity contribution in [2.24, 2.45) is 5.92 Å². The third kappa shape index (κ3) is 6.34. The number of carbonyl (C=O) groups is 3. The molecule has 1 rings (SSSR count). The lowest BCUT2D eigenvalue weighted by molar-refractivity contribution is -0.158. The van der Waals surface area contributed by atoms with Gasteiger partial charge in [0.1, 0.15) is 5.56 Å². The highest BCUT2D eigenvalue weighted by Crippen LogP contribution is 2.39. The molecule has 0 aliphatic carbocycles. The largest absolute Gasteiger partial charge is 0.473 e. The van der Waals surface area contributed by atoms with Gasteiger partial charge in [-0.2, -0.15) is 0 Å². The van der Waals surface area contributed by atoms with E-state index in [0.29, 0.717) is 12.3 Å². The van der Waals surface area contributed by atoms with E-state index in [9.17, 15) is 14.4 Å². The first-order valence-corrected chi connectivity index (χ1v) is 9.12. The van der Waals surface area contributed by atoms with Gasteiger partial charge in [-0.1, -0.05) is 61.5 Å². The van der Waals surface area contributed by atoms with Gasteiger partial charge in [0.15, 0.2) is 5.75 Å². The molecule has 1 atom stereocenters. The van der Waals surface area contributed by atoms with Gasteiger partial charge in [-0.05, 0) is 24.8 Å². The number of halogens is 3. The third-order valence-electron chi connectivity index (χ3n) is 3.72. The highest BCUT2D eigenvalue weighted by Gasteiger charge is 2.27. The number of hydrogen-bond donors (Lipinski definition) is 1. The van der Waals surface area contributed by atoms with E-state index in [0.717, 1.165) is 25.3 Å². The highest BCUT2D eigenvalue weighted by molar-refractivity contribution is 6.46. The summed E-state index contributed by atoms with van der Waals surface area (Å²) in [6.07, 6.45) is 3.62. The van der Waals surface area contributed by atoms with Crippen LogP contribution in [0.25, 0.3) is 0 Å². The van der Waals surface area contributed by atoms with Crippen LogP contribution in [0.2, 0.25) is 15.1 Å². The summed E-state index contributed by atoms with van der Waals surface area (Å²) in [5, 5.41) is 8.12. The summed E-state index contributed by atoms with van der Waals surface area (Å²) >= 11 is 17.8. The van der Waals surface area contributed by atoms with Crippen molar-refractivity contribution >= 4 is 52.7 Å². The van der Waals surface area contributed by atoms with Crippen LogP contribution >= 0.6 is 34.8 Å². The average Bonchev–Trinajstić information content (AvgIpc) is 2.58. The van der Waals surface area contributed by atoms with Gasteiger partial charge < -0.3 is 14.6 Å². The molecular formula is C17H19Cl3O6. The molecule has 1 aromatic carbocycles. The minimum Gasteiger partial charge on any atom is -0.473 e. The highest BCUT2D eigenvalue weighted by atomic mass is 35.5. The lowest BCUT2D eigenvalue weighted by Gasteiger charge is -2.13. The predicted octanol–water partition coefficient (Wildman–Crippen LogP) is 5.01. The van der Waals surface area contributed by atoms with Crippen molar-refractivity contribution < 1.29 is 29.0 Å². The second-order valence-electron chi connectivity index (χ2n) is 5.70. The van der Waals surface area contributed by atoms with Crippen LogP contribution in [0.1, 0.15) is 49.9 Å². The molecular weight excluding hydrogens is 407 g/mol. The SMILES string of the molecule is CCC(C)CCCCOC(=O)c1c(Cl)c(Cl)cc(Cl)c1OC(=O)C(=O)O. The Morgan fingerprint density at radius 1 is 1.15 bits per heavy atom. The number of aliphatic carboxylic acids is 1. The van der Waals surface area contributed by atoms with Crippen LogP contribution in [0.3, 0.4) is 0 Å². The van der Waals surface area contributed by atoms with Crippen LogP contribution in [-0.4, -0.2) is 29.6 Å². The smallest absolute Gasteiger partial charge is 0.422 e. The lowest BCUT2D eigenvalue weighted by atomic mass is 10.0. The summed E-state index contributed by atoms with van der Waals surface area (Å²) in [5.41, 5.74) is -0.388. The molecule has 1 N–H and O–H groups in total. The molecule has 1 aromatic rings. The summed E-state index contributed by atoms with van der Waals surface area (Å²) < 4.78 is 9.79. The van der Waals surface area contributed by atoms with Crippen molar-refractivity contribution in [3.05, 3.63) is 26.7 Å². The molecule has 0 amide bonds. The molecule has 0 fully saturated rings. The fourth-order valence-corrected chi connectivity index (χ4v) is 2.75. The van der Waals surface area contributed by atoms with Gasteiger partial charge in [0.25, 0.3) is 0 Å². The van der Waals surface area contributed by atoms with E-state index in [2.05, 4.69) is 18.6 Å². The molecule has 0 radical (unpaired) electrons. The van der Waals surface area contributed by atoms with Crippen LogP contribution in [0.4, 0.5) is 0 Å². The predicted molar refractivity (Wildman–Crippen MR) is 98.3 cm³/mol. The first-order chi connectivity index (χ1) is 12.2. The Morgan fingerprint density at radius 2 is 1.81 bits per heavy atom. The van der Waals surface area contributed by atoms with Crippen LogP contribution in [0.5, 0.6) is 5.75 Å². The van der Waals surface area contributed by atoms with Gasteiger partial charge in [-0.15, -0.1) is 0 Å². The van der Waals surface area contributed by atoms with Crippen LogP contribution < -0.4 is 4.74 Å². The maximum absolute atomic E-state index is 12.3. The van der Waals surface area contributed by atoms with Crippen molar-refractivity contribution in [1.29, 1.82) is 0 Å². The van der Waals surface area contributed by atoms with Gasteiger partial charge in [-0.25, -0.2) is 14.4 Å². The van der Waals surface area contributed by atoms with Crippen molar-refractivity contribution in [2.75, 3.05) is 6.61 Å². The number of esters is 2. The molecule has 0 aromatic heterocycles. The summed E-state index contributed by atoms with van der Waals surface area (Å²) in [6, 6.07) is 1.14. The van der Waals surface area contributed by atoms with Crippen LogP contribution in [0, 0.1) is 5.92 Å². The zero-order valence-electron chi connectivity index (χ0n) is 14.3. The molecule has 1 unspecified atom stereocenters. The molecule has 0 spiro atoms. The van der Waals surface area contributed by atoms with E-state index < -0.39 is 23.7 Å². The standard InChI is InChI=1S/C17H19Cl3O6/c1-3-9(2)6-4-5-7-25-16(23)12-13(20)10(18)8-11(19)14(12)26-17(24)15(21)22/h8-9H,3-7H2,1-2H3,(H,21,22). The fraction of sp³-hybridized carbons (Fsp3) is 0.471. The third-order valence-corrected chi connectivity index (χ3v) is 4.79. The Hall–Kier alpha value is -1.50. The molecule has 0 aliphatic rings. The molecule has 0 aliphatic heterocycles. The molecule has 0 saturated carbocycles. The first-order valence-electron chi connectivity index (χ1n) is 7.98. The van der Waals surface area contributed by atoms with Crippen LogP contribution in [0.15, 0.2) is 6.07 Å². The average molecular weight is 426 g/mol. The Labute approximate surface area is 166 Å². The molecule has 26 heavy (non-hydrogen) atoms. The number of carboxylic acids is 1. The molecule has 0 heterocycles. The van der Waals surface area contributed by atoms with E-state index in [1.54, 1.807) is 0 Å². The quantitative estimate of drug-likeness (QED) is 0.207. The normalized spacial score (nSPS) is 11.7. The van der Waals surface area contributed by atoms with Crippen molar-refractivity contribution in [2.45, 2.75) is 39.5 Å². The number of ether oxygens (including phenoxy) is 2. The van der Waals surface area contributed by atoms with Gasteiger partial charge in [0.2, 0.25) is 0 Å². The number of benzene rings is 1. The summed E-state index contributed by atoms with van der Waals surface area (Å²) in [5.74, 6) is -4.28. The van der Waals surface area contributed by atoms with Gasteiger partial charge in [0, 0.05) is 0 Å². The van der Waals surface area contributed by atoms with Crippen molar-refractivity contribution in [3.63, 3.8) is 0 Å². The van der Waals surface area contributed by atoms with E-state index in [1.165, 1.54) is 0 Å². The first kappa shape index (κ1) is 22.5. The topological polar surface area (TPSA) is 89.9 Å². The van der Waals surface area contributed by atoms with E-state index in [1.807, 2.05) is 0 Å². The zero-order valence-corrected chi connectivity index (χ0v) is 16.6. The fourth-order valence-electron chi connectivity index (χ4n) is 2.03. The van der Waals surface area contributed by atoms with Crippen molar-refractivity contribution in [1.82, 2.24) is 0 Å². The number of hydrogen-bond acceptors (Lipinski definition) is 5. The second kappa shape index (κ2) is 10.6. The summed E-state index contributed by atoms with van der Waals surface area (Å²) in [6.45, 7) is 4.38. The van der Waals surface area contributed by atoms with E-state index >= 15 is 0 Å². The number of unbranched alkanes of at least 4 members (excludes halogenated alkanes) is 1. The van der Waals surface area contributed by atoms with Gasteiger partial charge >= 0.3 is 17.9 Å². The molecule has 144 valence electrons. The number of rotatable bonds is 8. The molecule has 6 nitrogen and oxygen atoms in total. The van der Waals surface area contributed by atoms with Crippen LogP contribution in [-0.2, 0) is 14.3 Å². The van der Waals surface area contributed by atoms with Gasteiger partial charge in [-0.3, -0.25) is 0 Å². The Balaban J connectivity index is 2.90. The minimum absolute atomic E-state index is 0.0597.